The van der Waals surface area contributed by atoms with Crippen LogP contribution in [0.2, 0.25) is 0 Å². The number of carbonyl (C=O) groups is 1. The van der Waals surface area contributed by atoms with Crippen LogP contribution in [0.5, 0.6) is 0 Å². The third-order valence-corrected chi connectivity index (χ3v) is 5.11. The minimum Gasteiger partial charge on any atom is -0.362 e. The average molecular weight is 377 g/mol. The number of hydrogen-bond donors (Lipinski definition) is 1. The first-order valence-electron chi connectivity index (χ1n) is 9.69. The van der Waals surface area contributed by atoms with Gasteiger partial charge in [0, 0.05) is 30.2 Å². The maximum Gasteiger partial charge on any atom is 0.272 e. The summed E-state index contributed by atoms with van der Waals surface area (Å²) in [7, 11) is 0. The van der Waals surface area contributed by atoms with Crippen molar-refractivity contribution in [3.63, 3.8) is 0 Å². The van der Waals surface area contributed by atoms with Crippen LogP contribution >= 0.6 is 0 Å². The number of hydrogen-bond acceptors (Lipinski definition) is 4. The number of rotatable bonds is 5. The summed E-state index contributed by atoms with van der Waals surface area (Å²) >= 11 is 0. The van der Waals surface area contributed by atoms with E-state index in [4.69, 9.17) is 0 Å². The van der Waals surface area contributed by atoms with Gasteiger partial charge in [0.25, 0.3) is 5.91 Å². The number of pyridine rings is 1. The number of nitrogens with zero attached hydrogens (tertiary/aromatic N) is 3. The van der Waals surface area contributed by atoms with Gasteiger partial charge < -0.3 is 4.90 Å². The lowest BCUT2D eigenvalue weighted by atomic mass is 9.87. The zero-order valence-corrected chi connectivity index (χ0v) is 17.3. The zero-order chi connectivity index (χ0) is 20.3. The number of anilines is 1. The summed E-state index contributed by atoms with van der Waals surface area (Å²) in [5, 5.41) is 4.15. The van der Waals surface area contributed by atoms with E-state index in [2.05, 4.69) is 73.2 Å². The van der Waals surface area contributed by atoms with Gasteiger partial charge in [0.1, 0.15) is 0 Å². The number of aromatic nitrogens is 1. The Kier molecular flexibility index (Phi) is 5.63. The van der Waals surface area contributed by atoms with Gasteiger partial charge in [-0.1, -0.05) is 13.0 Å². The number of aryl methyl sites for hydroxylation is 1. The predicted octanol–water partition coefficient (Wildman–Crippen LogP) is 4.57. The van der Waals surface area contributed by atoms with Crippen LogP contribution in [0.4, 0.5) is 5.69 Å². The molecule has 0 saturated carbocycles. The van der Waals surface area contributed by atoms with E-state index < -0.39 is 0 Å². The standard InChI is InChI=1S/C23H28N4O/c1-6-10-27-21-11-16(2)19(12-20(21)17(3)13-23(27,4)5)15-25-26-22(28)18-8-7-9-24-14-18/h7-9,11-15H,6,10H2,1-5H3,(H,26,28)/b25-15-. The summed E-state index contributed by atoms with van der Waals surface area (Å²) in [6, 6.07) is 7.83. The Morgan fingerprint density at radius 1 is 1.32 bits per heavy atom. The molecule has 0 bridgehead atoms. The lowest BCUT2D eigenvalue weighted by molar-refractivity contribution is 0.0955. The second-order valence-corrected chi connectivity index (χ2v) is 7.80. The van der Waals surface area contributed by atoms with Gasteiger partial charge >= 0.3 is 0 Å². The molecule has 1 N–H and O–H groups in total. The van der Waals surface area contributed by atoms with Crippen LogP contribution in [0.1, 0.15) is 61.2 Å². The first-order valence-corrected chi connectivity index (χ1v) is 9.69. The van der Waals surface area contributed by atoms with Gasteiger partial charge in [-0.05, 0) is 75.1 Å². The fraction of sp³-hybridized carbons (Fsp3) is 0.348. The van der Waals surface area contributed by atoms with E-state index in [0.717, 1.165) is 24.1 Å². The molecular weight excluding hydrogens is 348 g/mol. The van der Waals surface area contributed by atoms with Crippen LogP contribution in [0, 0.1) is 6.92 Å². The van der Waals surface area contributed by atoms with Gasteiger partial charge in [0.05, 0.1) is 17.3 Å². The topological polar surface area (TPSA) is 57.6 Å². The van der Waals surface area contributed by atoms with Crippen LogP contribution in [0.25, 0.3) is 5.57 Å². The number of carbonyl (C=O) groups excluding carboxylic acids is 1. The molecule has 3 rings (SSSR count). The summed E-state index contributed by atoms with van der Waals surface area (Å²) in [6.07, 6.45) is 8.29. The van der Waals surface area contributed by atoms with E-state index in [1.807, 2.05) is 0 Å². The second-order valence-electron chi connectivity index (χ2n) is 7.80. The zero-order valence-electron chi connectivity index (χ0n) is 17.3. The van der Waals surface area contributed by atoms with Crippen molar-refractivity contribution < 1.29 is 4.79 Å². The van der Waals surface area contributed by atoms with E-state index in [1.54, 1.807) is 24.5 Å². The van der Waals surface area contributed by atoms with Crippen molar-refractivity contribution in [2.24, 2.45) is 5.10 Å². The highest BCUT2D eigenvalue weighted by atomic mass is 16.2. The molecule has 0 fully saturated rings. The smallest absolute Gasteiger partial charge is 0.272 e. The summed E-state index contributed by atoms with van der Waals surface area (Å²) in [4.78, 5) is 18.5. The molecular formula is C23H28N4O. The van der Waals surface area contributed by atoms with Gasteiger partial charge in [-0.2, -0.15) is 5.10 Å². The number of fused-ring (bicyclic) bond motifs is 1. The van der Waals surface area contributed by atoms with Crippen LogP contribution in [-0.2, 0) is 0 Å². The van der Waals surface area contributed by atoms with Gasteiger partial charge in [0.2, 0.25) is 0 Å². The van der Waals surface area contributed by atoms with Crippen LogP contribution in [0.15, 0.2) is 47.8 Å². The van der Waals surface area contributed by atoms with Crippen LogP contribution in [-0.4, -0.2) is 29.2 Å². The van der Waals surface area contributed by atoms with Gasteiger partial charge in [-0.25, -0.2) is 5.43 Å². The molecule has 5 nitrogen and oxygen atoms in total. The average Bonchev–Trinajstić information content (AvgIpc) is 2.66. The van der Waals surface area contributed by atoms with Crippen molar-refractivity contribution in [2.75, 3.05) is 11.4 Å². The van der Waals surface area contributed by atoms with E-state index in [0.29, 0.717) is 5.56 Å². The Labute approximate surface area is 167 Å². The molecule has 1 aliphatic rings. The van der Waals surface area contributed by atoms with Gasteiger partial charge in [-0.3, -0.25) is 9.78 Å². The van der Waals surface area contributed by atoms with Crippen molar-refractivity contribution in [1.82, 2.24) is 10.4 Å². The third-order valence-electron chi connectivity index (χ3n) is 5.11. The third kappa shape index (κ3) is 3.98. The van der Waals surface area contributed by atoms with Crippen molar-refractivity contribution in [1.29, 1.82) is 0 Å². The molecule has 2 aromatic rings. The normalized spacial score (nSPS) is 15.3. The number of nitrogens with one attached hydrogen (secondary N) is 1. The Hall–Kier alpha value is -2.95. The molecule has 28 heavy (non-hydrogen) atoms. The Bertz CT molecular complexity index is 929. The SMILES string of the molecule is CCCN1c2cc(C)c(/C=N\NC(=O)c3cccnc3)cc2C(C)=CC1(C)C. The van der Waals surface area contributed by atoms with Gasteiger partial charge in [0.15, 0.2) is 0 Å². The minimum absolute atomic E-state index is 0.00711. The molecule has 0 atom stereocenters. The lowest BCUT2D eigenvalue weighted by Gasteiger charge is -2.43. The van der Waals surface area contributed by atoms with E-state index in [1.165, 1.54) is 23.0 Å². The molecule has 5 heteroatoms. The molecule has 0 unspecified atom stereocenters. The molecule has 0 radical (unpaired) electrons. The van der Waals surface area contributed by atoms with Crippen LogP contribution < -0.4 is 10.3 Å². The Morgan fingerprint density at radius 3 is 2.79 bits per heavy atom. The molecule has 1 aromatic carbocycles. The van der Waals surface area contributed by atoms with Crippen molar-refractivity contribution in [2.45, 2.75) is 46.6 Å². The number of amides is 1. The molecule has 1 amide bonds. The maximum absolute atomic E-state index is 12.1. The molecule has 0 spiro atoms. The van der Waals surface area contributed by atoms with Crippen molar-refractivity contribution >= 4 is 23.4 Å². The second kappa shape index (κ2) is 7.97. The predicted molar refractivity (Wildman–Crippen MR) is 116 cm³/mol. The summed E-state index contributed by atoms with van der Waals surface area (Å²) in [5.74, 6) is -0.271. The summed E-state index contributed by atoms with van der Waals surface area (Å²) in [6.45, 7) is 12.0. The fourth-order valence-corrected chi connectivity index (χ4v) is 3.74. The Balaban J connectivity index is 1.87. The maximum atomic E-state index is 12.1. The van der Waals surface area contributed by atoms with Crippen LogP contribution in [0.3, 0.4) is 0 Å². The highest BCUT2D eigenvalue weighted by molar-refractivity contribution is 5.95. The quantitative estimate of drug-likeness (QED) is 0.614. The Morgan fingerprint density at radius 2 is 2.11 bits per heavy atom. The molecule has 2 heterocycles. The van der Waals surface area contributed by atoms with Crippen molar-refractivity contribution in [3.8, 4) is 0 Å². The lowest BCUT2D eigenvalue weighted by Crippen LogP contribution is -2.45. The van der Waals surface area contributed by atoms with E-state index in [9.17, 15) is 4.79 Å². The number of hydrazone groups is 1. The summed E-state index contributed by atoms with van der Waals surface area (Å²) < 4.78 is 0. The molecule has 0 saturated heterocycles. The van der Waals surface area contributed by atoms with E-state index in [-0.39, 0.29) is 11.4 Å². The number of benzene rings is 1. The molecule has 0 aliphatic carbocycles. The first kappa shape index (κ1) is 19.8. The molecule has 1 aromatic heterocycles. The van der Waals surface area contributed by atoms with E-state index >= 15 is 0 Å². The number of allylic oxidation sites excluding steroid dienone is 1. The molecule has 1 aliphatic heterocycles. The minimum atomic E-state index is -0.271. The summed E-state index contributed by atoms with van der Waals surface area (Å²) in [5.41, 5.74) is 8.93. The fourth-order valence-electron chi connectivity index (χ4n) is 3.74. The highest BCUT2D eigenvalue weighted by Crippen LogP contribution is 2.40. The molecule has 146 valence electrons. The highest BCUT2D eigenvalue weighted by Gasteiger charge is 2.31. The van der Waals surface area contributed by atoms with Crippen molar-refractivity contribution in [3.05, 3.63) is 65.0 Å². The largest absolute Gasteiger partial charge is 0.362 e. The first-order chi connectivity index (χ1) is 13.3. The monoisotopic (exact) mass is 376 g/mol. The van der Waals surface area contributed by atoms with Gasteiger partial charge in [-0.15, -0.1) is 0 Å².